The van der Waals surface area contributed by atoms with Crippen LogP contribution in [0, 0.1) is 17.8 Å². The van der Waals surface area contributed by atoms with E-state index in [0.717, 1.165) is 24.2 Å². The fraction of sp³-hybridized carbons (Fsp3) is 0.971. The summed E-state index contributed by atoms with van der Waals surface area (Å²) in [5, 5.41) is 0. The zero-order valence-electron chi connectivity index (χ0n) is 25.9. The van der Waals surface area contributed by atoms with Crippen molar-refractivity contribution in [3.8, 4) is 0 Å². The fourth-order valence-corrected chi connectivity index (χ4v) is 6.24. The molecule has 0 radical (unpaired) electrons. The van der Waals surface area contributed by atoms with Crippen LogP contribution in [0.15, 0.2) is 0 Å². The van der Waals surface area contributed by atoms with Gasteiger partial charge in [0.2, 0.25) is 0 Å². The highest BCUT2D eigenvalue weighted by Crippen LogP contribution is 2.45. The van der Waals surface area contributed by atoms with Gasteiger partial charge in [0.25, 0.3) is 0 Å². The van der Waals surface area contributed by atoms with Gasteiger partial charge in [0.1, 0.15) is 0 Å². The van der Waals surface area contributed by atoms with Crippen LogP contribution in [-0.4, -0.2) is 38.1 Å². The van der Waals surface area contributed by atoms with Crippen LogP contribution < -0.4 is 0 Å². The summed E-state index contributed by atoms with van der Waals surface area (Å²) in [6, 6.07) is 0. The Morgan fingerprint density at radius 2 is 1.14 bits per heavy atom. The maximum Gasteiger partial charge on any atom is 0.305 e. The van der Waals surface area contributed by atoms with Gasteiger partial charge in [0.05, 0.1) is 6.61 Å². The number of rotatable bonds is 28. The van der Waals surface area contributed by atoms with Crippen molar-refractivity contribution in [2.24, 2.45) is 17.8 Å². The highest BCUT2D eigenvalue weighted by molar-refractivity contribution is 5.69. The number of carbonyl (C=O) groups excluding carboxylic acids is 1. The topological polar surface area (TPSA) is 29.5 Å². The number of unbranched alkanes of at least 4 members (excludes halogenated alkanes) is 15. The van der Waals surface area contributed by atoms with E-state index in [4.69, 9.17) is 4.74 Å². The molecular weight excluding hydrogens is 454 g/mol. The molecule has 220 valence electrons. The van der Waals surface area contributed by atoms with Crippen molar-refractivity contribution in [3.63, 3.8) is 0 Å². The third kappa shape index (κ3) is 22.0. The third-order valence-corrected chi connectivity index (χ3v) is 8.61. The fourth-order valence-electron chi connectivity index (χ4n) is 6.24. The summed E-state index contributed by atoms with van der Waals surface area (Å²) < 4.78 is 4.99. The van der Waals surface area contributed by atoms with E-state index in [1.54, 1.807) is 0 Å². The Labute approximate surface area is 233 Å². The Morgan fingerprint density at radius 1 is 0.676 bits per heavy atom. The molecule has 3 nitrogen and oxygen atoms in total. The van der Waals surface area contributed by atoms with Crippen LogP contribution in [0.2, 0.25) is 0 Å². The average Bonchev–Trinajstić information content (AvgIpc) is 3.62. The zero-order chi connectivity index (χ0) is 27.0. The smallest absolute Gasteiger partial charge is 0.305 e. The summed E-state index contributed by atoms with van der Waals surface area (Å²) in [5.74, 6) is 3.01. The van der Waals surface area contributed by atoms with E-state index >= 15 is 0 Å². The quantitative estimate of drug-likeness (QED) is 0.0757. The van der Waals surface area contributed by atoms with Gasteiger partial charge in [-0.2, -0.15) is 0 Å². The maximum atomic E-state index is 11.3. The van der Waals surface area contributed by atoms with Gasteiger partial charge in [-0.25, -0.2) is 0 Å². The van der Waals surface area contributed by atoms with Crippen molar-refractivity contribution in [3.05, 3.63) is 0 Å². The average molecular weight is 522 g/mol. The minimum absolute atomic E-state index is 0.0220. The summed E-state index contributed by atoms with van der Waals surface area (Å²) in [4.78, 5) is 13.7. The summed E-state index contributed by atoms with van der Waals surface area (Å²) >= 11 is 0. The van der Waals surface area contributed by atoms with Gasteiger partial charge < -0.3 is 9.64 Å². The Balaban J connectivity index is 1.84. The second-order valence-electron chi connectivity index (χ2n) is 12.6. The van der Waals surface area contributed by atoms with Crippen LogP contribution in [0.25, 0.3) is 0 Å². The summed E-state index contributed by atoms with van der Waals surface area (Å²) in [6.07, 6.45) is 33.0. The van der Waals surface area contributed by atoms with Crippen molar-refractivity contribution >= 4 is 5.97 Å². The predicted octanol–water partition coefficient (Wildman–Crippen LogP) is 10.4. The van der Waals surface area contributed by atoms with E-state index < -0.39 is 0 Å². The van der Waals surface area contributed by atoms with Gasteiger partial charge in [-0.05, 0) is 64.5 Å². The normalized spacial score (nSPS) is 17.9. The molecule has 0 aromatic rings. The van der Waals surface area contributed by atoms with Crippen LogP contribution in [0.1, 0.15) is 168 Å². The molecule has 1 fully saturated rings. The zero-order valence-corrected chi connectivity index (χ0v) is 25.9. The van der Waals surface area contributed by atoms with Crippen molar-refractivity contribution in [2.75, 3.05) is 27.2 Å². The second kappa shape index (κ2) is 24.5. The molecule has 1 aliphatic carbocycles. The van der Waals surface area contributed by atoms with E-state index in [1.165, 1.54) is 148 Å². The van der Waals surface area contributed by atoms with E-state index in [2.05, 4.69) is 25.9 Å². The predicted molar refractivity (Wildman–Crippen MR) is 162 cm³/mol. The molecule has 1 saturated carbocycles. The van der Waals surface area contributed by atoms with Gasteiger partial charge >= 0.3 is 5.97 Å². The van der Waals surface area contributed by atoms with Gasteiger partial charge in [0, 0.05) is 13.0 Å². The van der Waals surface area contributed by atoms with Gasteiger partial charge in [-0.15, -0.1) is 0 Å². The second-order valence-corrected chi connectivity index (χ2v) is 12.6. The number of esters is 1. The monoisotopic (exact) mass is 522 g/mol. The molecule has 37 heavy (non-hydrogen) atoms. The standard InChI is InChI=1S/C34H67NO2/c1-5-7-8-14-19-24-31(30-35(3)4)25-20-15-11-9-10-12-16-21-26-32-29-33(32)27-22-17-13-18-23-28-34(36)37-6-2/h31-33H,5-30H2,1-4H3. The summed E-state index contributed by atoms with van der Waals surface area (Å²) in [5.41, 5.74) is 0. The molecule has 1 rings (SSSR count). The van der Waals surface area contributed by atoms with E-state index in [9.17, 15) is 4.79 Å². The molecule has 0 aromatic heterocycles. The van der Waals surface area contributed by atoms with Crippen molar-refractivity contribution < 1.29 is 9.53 Å². The first-order chi connectivity index (χ1) is 18.1. The minimum atomic E-state index is -0.0220. The Hall–Kier alpha value is -0.570. The number of nitrogens with zero attached hydrogens (tertiary/aromatic N) is 1. The van der Waals surface area contributed by atoms with E-state index in [-0.39, 0.29) is 5.97 Å². The highest BCUT2D eigenvalue weighted by atomic mass is 16.5. The molecule has 0 spiro atoms. The molecule has 0 aromatic carbocycles. The van der Waals surface area contributed by atoms with Gasteiger partial charge in [-0.3, -0.25) is 4.79 Å². The Bertz CT molecular complexity index is 506. The molecule has 0 bridgehead atoms. The van der Waals surface area contributed by atoms with Crippen molar-refractivity contribution in [1.82, 2.24) is 4.90 Å². The van der Waals surface area contributed by atoms with Crippen molar-refractivity contribution in [2.45, 2.75) is 168 Å². The molecule has 0 aliphatic heterocycles. The van der Waals surface area contributed by atoms with Gasteiger partial charge in [0.15, 0.2) is 0 Å². The number of carbonyl (C=O) groups is 1. The highest BCUT2D eigenvalue weighted by Gasteiger charge is 2.34. The lowest BCUT2D eigenvalue weighted by molar-refractivity contribution is -0.143. The summed E-state index contributed by atoms with van der Waals surface area (Å²) in [7, 11) is 4.49. The molecule has 3 atom stereocenters. The van der Waals surface area contributed by atoms with Crippen LogP contribution in [0.4, 0.5) is 0 Å². The van der Waals surface area contributed by atoms with Gasteiger partial charge in [-0.1, -0.05) is 129 Å². The maximum absolute atomic E-state index is 11.3. The summed E-state index contributed by atoms with van der Waals surface area (Å²) in [6.45, 7) is 5.99. The molecule has 0 N–H and O–H groups in total. The van der Waals surface area contributed by atoms with E-state index in [0.29, 0.717) is 13.0 Å². The largest absolute Gasteiger partial charge is 0.466 e. The number of hydrogen-bond acceptors (Lipinski definition) is 3. The number of hydrogen-bond donors (Lipinski definition) is 0. The lowest BCUT2D eigenvalue weighted by Gasteiger charge is -2.21. The van der Waals surface area contributed by atoms with Crippen LogP contribution in [-0.2, 0) is 9.53 Å². The molecule has 0 saturated heterocycles. The molecule has 3 unspecified atom stereocenters. The first-order valence-electron chi connectivity index (χ1n) is 16.9. The molecule has 0 heterocycles. The first kappa shape index (κ1) is 34.5. The molecular formula is C34H67NO2. The lowest BCUT2D eigenvalue weighted by atomic mass is 9.93. The SMILES string of the molecule is CCCCCCCC(CCCCCCCCCCC1CC1CCCCCCCC(=O)OCC)CN(C)C. The minimum Gasteiger partial charge on any atom is -0.466 e. The third-order valence-electron chi connectivity index (χ3n) is 8.61. The first-order valence-corrected chi connectivity index (χ1v) is 16.9. The van der Waals surface area contributed by atoms with Crippen LogP contribution >= 0.6 is 0 Å². The molecule has 1 aliphatic rings. The van der Waals surface area contributed by atoms with Crippen molar-refractivity contribution in [1.29, 1.82) is 0 Å². The van der Waals surface area contributed by atoms with Crippen LogP contribution in [0.3, 0.4) is 0 Å². The number of ether oxygens (including phenoxy) is 1. The molecule has 0 amide bonds. The van der Waals surface area contributed by atoms with Crippen LogP contribution in [0.5, 0.6) is 0 Å². The van der Waals surface area contributed by atoms with E-state index in [1.807, 2.05) is 6.92 Å². The molecule has 3 heteroatoms. The Morgan fingerprint density at radius 3 is 1.62 bits per heavy atom. The Kier molecular flexibility index (Phi) is 22.8. The lowest BCUT2D eigenvalue weighted by Crippen LogP contribution is -2.21.